The first-order valence-electron chi connectivity index (χ1n) is 9.19. The van der Waals surface area contributed by atoms with Crippen molar-refractivity contribution in [3.8, 4) is 5.75 Å². The van der Waals surface area contributed by atoms with E-state index in [-0.39, 0.29) is 0 Å². The zero-order valence-electron chi connectivity index (χ0n) is 14.6. The van der Waals surface area contributed by atoms with E-state index in [4.69, 9.17) is 15.2 Å². The first-order valence-corrected chi connectivity index (χ1v) is 9.19. The smallest absolute Gasteiger partial charge is 0.142 e. The standard InChI is InChI=1S/C19H26N4O2/c20-17-5-1-2-6-18(17)25-14-16-13-23(22-21-16)12-15-4-3-7-19(15)8-10-24-11-9-19/h1-2,5-6,13,15H,3-4,7-12,14,20H2. The molecular formula is C19H26N4O2. The molecule has 2 fully saturated rings. The highest BCUT2D eigenvalue weighted by Gasteiger charge is 2.43. The maximum Gasteiger partial charge on any atom is 0.142 e. The van der Waals surface area contributed by atoms with E-state index in [1.54, 1.807) is 0 Å². The fourth-order valence-corrected chi connectivity index (χ4v) is 4.42. The van der Waals surface area contributed by atoms with Crippen LogP contribution in [0.25, 0.3) is 0 Å². The third-order valence-corrected chi connectivity index (χ3v) is 5.87. The maximum absolute atomic E-state index is 5.90. The van der Waals surface area contributed by atoms with Crippen LogP contribution in [-0.4, -0.2) is 28.2 Å². The summed E-state index contributed by atoms with van der Waals surface area (Å²) in [5.74, 6) is 1.37. The van der Waals surface area contributed by atoms with Crippen molar-refractivity contribution >= 4 is 5.69 Å². The number of nitrogen functional groups attached to an aromatic ring is 1. The lowest BCUT2D eigenvalue weighted by molar-refractivity contribution is -0.0104. The SMILES string of the molecule is Nc1ccccc1OCc1cn(CC2CCCC23CCOCC3)nn1. The van der Waals surface area contributed by atoms with E-state index >= 15 is 0 Å². The molecule has 1 saturated heterocycles. The predicted octanol–water partition coefficient (Wildman–Crippen LogP) is 3.04. The Morgan fingerprint density at radius 1 is 1.24 bits per heavy atom. The minimum absolute atomic E-state index is 0.387. The minimum Gasteiger partial charge on any atom is -0.485 e. The second-order valence-corrected chi connectivity index (χ2v) is 7.32. The van der Waals surface area contributed by atoms with Gasteiger partial charge in [-0.3, -0.25) is 4.68 Å². The third kappa shape index (κ3) is 3.49. The number of rotatable bonds is 5. The van der Waals surface area contributed by atoms with Crippen LogP contribution in [0.15, 0.2) is 30.5 Å². The molecule has 1 spiro atoms. The molecular weight excluding hydrogens is 316 g/mol. The van der Waals surface area contributed by atoms with Gasteiger partial charge in [0.05, 0.1) is 11.9 Å². The van der Waals surface area contributed by atoms with Gasteiger partial charge >= 0.3 is 0 Å². The van der Waals surface area contributed by atoms with Crippen LogP contribution >= 0.6 is 0 Å². The fraction of sp³-hybridized carbons (Fsp3) is 0.579. The molecule has 25 heavy (non-hydrogen) atoms. The molecule has 6 nitrogen and oxygen atoms in total. The van der Waals surface area contributed by atoms with E-state index in [0.717, 1.165) is 25.5 Å². The molecule has 2 N–H and O–H groups in total. The summed E-state index contributed by atoms with van der Waals surface area (Å²) >= 11 is 0. The summed E-state index contributed by atoms with van der Waals surface area (Å²) < 4.78 is 13.3. The van der Waals surface area contributed by atoms with Gasteiger partial charge in [-0.25, -0.2) is 0 Å². The molecule has 0 bridgehead atoms. The van der Waals surface area contributed by atoms with Crippen molar-refractivity contribution in [2.24, 2.45) is 11.3 Å². The van der Waals surface area contributed by atoms with Crippen molar-refractivity contribution in [1.82, 2.24) is 15.0 Å². The Bertz CT molecular complexity index is 709. The molecule has 1 aromatic carbocycles. The highest BCUT2D eigenvalue weighted by Crippen LogP contribution is 2.50. The van der Waals surface area contributed by atoms with Crippen molar-refractivity contribution in [3.05, 3.63) is 36.2 Å². The van der Waals surface area contributed by atoms with E-state index < -0.39 is 0 Å². The number of hydrogen-bond acceptors (Lipinski definition) is 5. The summed E-state index contributed by atoms with van der Waals surface area (Å²) in [6.07, 6.45) is 8.32. The molecule has 4 rings (SSSR count). The van der Waals surface area contributed by atoms with Crippen LogP contribution in [0, 0.1) is 11.3 Å². The van der Waals surface area contributed by atoms with Crippen molar-refractivity contribution in [1.29, 1.82) is 0 Å². The van der Waals surface area contributed by atoms with Gasteiger partial charge in [-0.2, -0.15) is 0 Å². The number of aromatic nitrogens is 3. The molecule has 1 saturated carbocycles. The maximum atomic E-state index is 5.90. The topological polar surface area (TPSA) is 75.2 Å². The Kier molecular flexibility index (Phi) is 4.61. The molecule has 1 aliphatic heterocycles. The summed E-state index contributed by atoms with van der Waals surface area (Å²) in [5, 5.41) is 8.58. The van der Waals surface area contributed by atoms with E-state index in [0.29, 0.717) is 29.4 Å². The lowest BCUT2D eigenvalue weighted by atomic mass is 9.72. The Morgan fingerprint density at radius 3 is 2.92 bits per heavy atom. The first-order chi connectivity index (χ1) is 12.3. The number of ether oxygens (including phenoxy) is 2. The molecule has 1 aromatic heterocycles. The minimum atomic E-state index is 0.387. The van der Waals surface area contributed by atoms with Crippen LogP contribution in [0.1, 0.15) is 37.8 Å². The van der Waals surface area contributed by atoms with E-state index in [1.807, 2.05) is 35.1 Å². The summed E-state index contributed by atoms with van der Waals surface area (Å²) in [7, 11) is 0. The predicted molar refractivity (Wildman–Crippen MR) is 95.0 cm³/mol. The van der Waals surface area contributed by atoms with Crippen LogP contribution in [0.5, 0.6) is 5.75 Å². The van der Waals surface area contributed by atoms with Crippen molar-refractivity contribution in [3.63, 3.8) is 0 Å². The summed E-state index contributed by atoms with van der Waals surface area (Å²) in [6, 6.07) is 7.51. The van der Waals surface area contributed by atoms with Crippen molar-refractivity contribution in [2.75, 3.05) is 18.9 Å². The Hall–Kier alpha value is -2.08. The molecule has 134 valence electrons. The van der Waals surface area contributed by atoms with Crippen LogP contribution < -0.4 is 10.5 Å². The van der Waals surface area contributed by atoms with Crippen molar-refractivity contribution < 1.29 is 9.47 Å². The monoisotopic (exact) mass is 342 g/mol. The molecule has 6 heteroatoms. The number of benzene rings is 1. The molecule has 0 amide bonds. The van der Waals surface area contributed by atoms with Crippen LogP contribution in [0.3, 0.4) is 0 Å². The first kappa shape index (κ1) is 16.4. The number of nitrogens with two attached hydrogens (primary N) is 1. The van der Waals surface area contributed by atoms with Crippen molar-refractivity contribution in [2.45, 2.75) is 45.3 Å². The Balaban J connectivity index is 1.37. The average molecular weight is 342 g/mol. The van der Waals surface area contributed by atoms with Gasteiger partial charge in [0.2, 0.25) is 0 Å². The van der Waals surface area contributed by atoms with Gasteiger partial charge in [0.1, 0.15) is 18.1 Å². The molecule has 1 atom stereocenters. The molecule has 1 unspecified atom stereocenters. The van der Waals surface area contributed by atoms with E-state index in [1.165, 1.54) is 32.1 Å². The fourth-order valence-electron chi connectivity index (χ4n) is 4.42. The average Bonchev–Trinajstić information content (AvgIpc) is 3.23. The zero-order valence-corrected chi connectivity index (χ0v) is 14.6. The zero-order chi connectivity index (χ0) is 17.1. The van der Waals surface area contributed by atoms with Gasteiger partial charge in [-0.15, -0.1) is 5.10 Å². The third-order valence-electron chi connectivity index (χ3n) is 5.87. The molecule has 2 aromatic rings. The highest BCUT2D eigenvalue weighted by molar-refractivity contribution is 5.51. The van der Waals surface area contributed by atoms with Gasteiger partial charge in [0.15, 0.2) is 0 Å². The van der Waals surface area contributed by atoms with Crippen LogP contribution in [0.4, 0.5) is 5.69 Å². The molecule has 0 radical (unpaired) electrons. The number of nitrogens with zero attached hydrogens (tertiary/aromatic N) is 3. The van der Waals surface area contributed by atoms with Crippen LogP contribution in [0.2, 0.25) is 0 Å². The lowest BCUT2D eigenvalue weighted by Gasteiger charge is -2.38. The Morgan fingerprint density at radius 2 is 2.08 bits per heavy atom. The largest absolute Gasteiger partial charge is 0.485 e. The Labute approximate surface area is 148 Å². The summed E-state index contributed by atoms with van der Waals surface area (Å²) in [6.45, 7) is 3.15. The number of para-hydroxylation sites is 2. The number of anilines is 1. The van der Waals surface area contributed by atoms with Crippen LogP contribution in [-0.2, 0) is 17.9 Å². The van der Waals surface area contributed by atoms with Gasteiger partial charge < -0.3 is 15.2 Å². The van der Waals surface area contributed by atoms with E-state index in [9.17, 15) is 0 Å². The lowest BCUT2D eigenvalue weighted by Crippen LogP contribution is -2.35. The summed E-state index contributed by atoms with van der Waals surface area (Å²) in [4.78, 5) is 0. The van der Waals surface area contributed by atoms with Gasteiger partial charge in [-0.1, -0.05) is 23.8 Å². The second-order valence-electron chi connectivity index (χ2n) is 7.32. The normalized spacial score (nSPS) is 22.3. The van der Waals surface area contributed by atoms with Gasteiger partial charge in [0.25, 0.3) is 0 Å². The van der Waals surface area contributed by atoms with Gasteiger partial charge in [0, 0.05) is 19.8 Å². The quantitative estimate of drug-likeness (QED) is 0.845. The molecule has 2 heterocycles. The second kappa shape index (κ2) is 7.04. The highest BCUT2D eigenvalue weighted by atomic mass is 16.5. The molecule has 1 aliphatic carbocycles. The number of hydrogen-bond donors (Lipinski definition) is 1. The van der Waals surface area contributed by atoms with Gasteiger partial charge in [-0.05, 0) is 49.1 Å². The molecule has 2 aliphatic rings. The summed E-state index contributed by atoms with van der Waals surface area (Å²) in [5.41, 5.74) is 7.84. The van der Waals surface area contributed by atoms with E-state index in [2.05, 4.69) is 10.3 Å².